The van der Waals surface area contributed by atoms with E-state index in [1.165, 1.54) is 12.3 Å². The van der Waals surface area contributed by atoms with Crippen molar-refractivity contribution in [2.75, 3.05) is 5.32 Å². The van der Waals surface area contributed by atoms with Gasteiger partial charge in [0.15, 0.2) is 11.9 Å². The van der Waals surface area contributed by atoms with Gasteiger partial charge in [-0.2, -0.15) is 13.2 Å². The molecule has 0 aliphatic carbocycles. The van der Waals surface area contributed by atoms with Gasteiger partial charge in [-0.3, -0.25) is 23.9 Å². The molecule has 1 fully saturated rings. The molecule has 2 aromatic rings. The van der Waals surface area contributed by atoms with Gasteiger partial charge in [0.05, 0.1) is 11.7 Å². The van der Waals surface area contributed by atoms with Crippen LogP contribution >= 0.6 is 0 Å². The summed E-state index contributed by atoms with van der Waals surface area (Å²) in [7, 11) is 0. The first-order valence-electron chi connectivity index (χ1n) is 11.4. The van der Waals surface area contributed by atoms with E-state index in [-0.39, 0.29) is 30.7 Å². The molecule has 204 valence electrons. The Morgan fingerprint density at radius 3 is 2.63 bits per heavy atom. The second-order valence-corrected chi connectivity index (χ2v) is 8.52. The molecule has 0 bridgehead atoms. The molecule has 2 aliphatic heterocycles. The van der Waals surface area contributed by atoms with E-state index in [2.05, 4.69) is 10.3 Å². The molecule has 4 rings (SSSR count). The number of nitrogens with two attached hydrogens (primary N) is 1. The van der Waals surface area contributed by atoms with E-state index < -0.39 is 65.3 Å². The van der Waals surface area contributed by atoms with Crippen LogP contribution in [0.5, 0.6) is 0 Å². The summed E-state index contributed by atoms with van der Waals surface area (Å²) in [6.45, 7) is 0. The van der Waals surface area contributed by atoms with Crippen LogP contribution in [0.15, 0.2) is 51.9 Å². The summed E-state index contributed by atoms with van der Waals surface area (Å²) in [5, 5.41) is 2.21. The van der Waals surface area contributed by atoms with Gasteiger partial charge < -0.3 is 25.3 Å². The van der Waals surface area contributed by atoms with Gasteiger partial charge in [-0.05, 0) is 43.5 Å². The number of aromatic nitrogens is 2. The number of anilines is 1. The zero-order chi connectivity index (χ0) is 27.6. The summed E-state index contributed by atoms with van der Waals surface area (Å²) in [6, 6.07) is 3.14. The van der Waals surface area contributed by atoms with Crippen molar-refractivity contribution in [2.45, 2.75) is 56.6 Å². The highest BCUT2D eigenvalue weighted by atomic mass is 19.4. The SMILES string of the molecule is NC(=O)[C@H](O[C@@H]1CCC=C(C(=O)Nc2ccc(F)c(C(F)(F)F)c2)O1)C1CC[C@H](n2ccc(=O)[nH]c2=O)O1. The van der Waals surface area contributed by atoms with Crippen molar-refractivity contribution in [1.29, 1.82) is 0 Å². The maximum atomic E-state index is 13.5. The molecule has 15 heteroatoms. The predicted octanol–water partition coefficient (Wildman–Crippen LogP) is 1.90. The van der Waals surface area contributed by atoms with E-state index in [0.717, 1.165) is 16.7 Å². The molecule has 11 nitrogen and oxygen atoms in total. The van der Waals surface area contributed by atoms with Crippen molar-refractivity contribution >= 4 is 17.5 Å². The third kappa shape index (κ3) is 6.11. The Morgan fingerprint density at radius 1 is 1.18 bits per heavy atom. The highest BCUT2D eigenvalue weighted by Crippen LogP contribution is 2.34. The van der Waals surface area contributed by atoms with E-state index in [1.807, 2.05) is 0 Å². The summed E-state index contributed by atoms with van der Waals surface area (Å²) < 4.78 is 70.5. The molecule has 1 unspecified atom stereocenters. The van der Waals surface area contributed by atoms with Gasteiger partial charge >= 0.3 is 11.9 Å². The summed E-state index contributed by atoms with van der Waals surface area (Å²) in [5.74, 6) is -3.58. The summed E-state index contributed by atoms with van der Waals surface area (Å²) >= 11 is 0. The predicted molar refractivity (Wildman–Crippen MR) is 121 cm³/mol. The number of alkyl halides is 3. The van der Waals surface area contributed by atoms with Crippen molar-refractivity contribution in [3.8, 4) is 0 Å². The molecule has 0 saturated carbocycles. The molecule has 1 saturated heterocycles. The molecular formula is C23H22F4N4O7. The van der Waals surface area contributed by atoms with E-state index >= 15 is 0 Å². The lowest BCUT2D eigenvalue weighted by Crippen LogP contribution is -2.44. The number of primary amides is 1. The number of carbonyl (C=O) groups excluding carboxylic acids is 2. The van der Waals surface area contributed by atoms with Crippen LogP contribution in [-0.2, 0) is 30.0 Å². The van der Waals surface area contributed by atoms with Crippen LogP contribution in [0, 0.1) is 5.82 Å². The number of carbonyl (C=O) groups is 2. The lowest BCUT2D eigenvalue weighted by atomic mass is 10.1. The first kappa shape index (κ1) is 27.1. The van der Waals surface area contributed by atoms with Gasteiger partial charge in [-0.15, -0.1) is 0 Å². The third-order valence-corrected chi connectivity index (χ3v) is 5.85. The number of aromatic amines is 1. The lowest BCUT2D eigenvalue weighted by Gasteiger charge is -2.29. The molecule has 1 aromatic heterocycles. The molecule has 3 heterocycles. The number of halogens is 4. The second kappa shape index (κ2) is 10.8. The summed E-state index contributed by atoms with van der Waals surface area (Å²) in [4.78, 5) is 50.2. The van der Waals surface area contributed by atoms with Gasteiger partial charge in [0, 0.05) is 24.4 Å². The molecule has 0 radical (unpaired) electrons. The topological polar surface area (TPSA) is 155 Å². The molecule has 4 atom stereocenters. The van der Waals surface area contributed by atoms with Crippen molar-refractivity contribution in [3.63, 3.8) is 0 Å². The number of hydrogen-bond donors (Lipinski definition) is 3. The Labute approximate surface area is 211 Å². The average molecular weight is 542 g/mol. The lowest BCUT2D eigenvalue weighted by molar-refractivity contribution is -0.194. The molecule has 38 heavy (non-hydrogen) atoms. The van der Waals surface area contributed by atoms with Crippen molar-refractivity contribution in [1.82, 2.24) is 9.55 Å². The number of hydrogen-bond acceptors (Lipinski definition) is 7. The van der Waals surface area contributed by atoms with Crippen LogP contribution in [0.2, 0.25) is 0 Å². The highest BCUT2D eigenvalue weighted by Gasteiger charge is 2.39. The van der Waals surface area contributed by atoms with E-state index in [9.17, 15) is 36.7 Å². The summed E-state index contributed by atoms with van der Waals surface area (Å²) in [6.07, 6.45) is -5.38. The fourth-order valence-corrected chi connectivity index (χ4v) is 4.08. The Hall–Kier alpha value is -3.98. The first-order chi connectivity index (χ1) is 17.9. The number of nitrogens with zero attached hydrogens (tertiary/aromatic N) is 1. The average Bonchev–Trinajstić information content (AvgIpc) is 3.32. The molecule has 4 N–H and O–H groups in total. The molecular weight excluding hydrogens is 520 g/mol. The van der Waals surface area contributed by atoms with Crippen molar-refractivity contribution < 1.29 is 41.4 Å². The molecule has 2 amide bonds. The standard InChI is InChI=1S/C23H22F4N4O7/c24-13-5-4-11(10-12(13)23(25,26)27)29-21(34)15-2-1-3-18(37-15)38-19(20(28)33)14-6-7-17(36-14)31-9-8-16(32)30-22(31)35/h2,4-5,8-10,14,17-19H,1,3,6-7H2,(H2,28,33)(H,29,34)(H,30,32,35)/t14?,17-,18-,19-/m1/s1. The first-order valence-corrected chi connectivity index (χ1v) is 11.4. The van der Waals surface area contributed by atoms with Gasteiger partial charge in [0.2, 0.25) is 12.2 Å². The number of nitrogens with one attached hydrogen (secondary N) is 2. The van der Waals surface area contributed by atoms with Crippen LogP contribution in [0.25, 0.3) is 0 Å². The van der Waals surface area contributed by atoms with Gasteiger partial charge in [-0.25, -0.2) is 9.18 Å². The Balaban J connectivity index is 1.40. The van der Waals surface area contributed by atoms with E-state index in [4.69, 9.17) is 19.9 Å². The maximum absolute atomic E-state index is 13.5. The fraction of sp³-hybridized carbons (Fsp3) is 0.391. The van der Waals surface area contributed by atoms with Crippen LogP contribution in [-0.4, -0.2) is 39.9 Å². The van der Waals surface area contributed by atoms with Crippen LogP contribution in [0.3, 0.4) is 0 Å². The molecule has 0 spiro atoms. The number of benzene rings is 1. The minimum atomic E-state index is -4.96. The van der Waals surface area contributed by atoms with E-state index in [0.29, 0.717) is 18.6 Å². The Bertz CT molecular complexity index is 1370. The van der Waals surface area contributed by atoms with Crippen LogP contribution in [0.1, 0.15) is 37.5 Å². The van der Waals surface area contributed by atoms with Crippen molar-refractivity contribution in [2.24, 2.45) is 5.73 Å². The number of rotatable bonds is 7. The minimum absolute atomic E-state index is 0.213. The highest BCUT2D eigenvalue weighted by molar-refractivity contribution is 6.02. The fourth-order valence-electron chi connectivity index (χ4n) is 4.08. The number of allylic oxidation sites excluding steroid dienone is 1. The molecule has 2 aliphatic rings. The second-order valence-electron chi connectivity index (χ2n) is 8.52. The third-order valence-electron chi connectivity index (χ3n) is 5.85. The Kier molecular flexibility index (Phi) is 7.68. The van der Waals surface area contributed by atoms with Gasteiger partial charge in [-0.1, -0.05) is 0 Å². The quantitative estimate of drug-likeness (QED) is 0.452. The largest absolute Gasteiger partial charge is 0.459 e. The zero-order valence-electron chi connectivity index (χ0n) is 19.5. The van der Waals surface area contributed by atoms with Crippen LogP contribution in [0.4, 0.5) is 23.2 Å². The summed E-state index contributed by atoms with van der Waals surface area (Å²) in [5.41, 5.74) is 2.36. The number of amides is 2. The van der Waals surface area contributed by atoms with E-state index in [1.54, 1.807) is 0 Å². The number of ether oxygens (including phenoxy) is 3. The maximum Gasteiger partial charge on any atom is 0.419 e. The normalized spacial score (nSPS) is 22.3. The smallest absolute Gasteiger partial charge is 0.419 e. The monoisotopic (exact) mass is 542 g/mol. The number of H-pyrrole nitrogens is 1. The van der Waals surface area contributed by atoms with Crippen LogP contribution < -0.4 is 22.3 Å². The Morgan fingerprint density at radius 2 is 1.95 bits per heavy atom. The van der Waals surface area contributed by atoms with Crippen molar-refractivity contribution in [3.05, 3.63) is 74.5 Å². The van der Waals surface area contributed by atoms with Gasteiger partial charge in [0.1, 0.15) is 12.0 Å². The van der Waals surface area contributed by atoms with Gasteiger partial charge in [0.25, 0.3) is 11.5 Å². The zero-order valence-corrected chi connectivity index (χ0v) is 19.5. The minimum Gasteiger partial charge on any atom is -0.459 e. The molecule has 1 aromatic carbocycles.